The standard InChI is InChI=1S/C6H8F3O2/c7-6(8,9)4-5-10-2-1-3-11-5/h1-4H2. The van der Waals surface area contributed by atoms with Gasteiger partial charge in [-0.05, 0) is 6.42 Å². The van der Waals surface area contributed by atoms with Gasteiger partial charge in [0.1, 0.15) is 6.42 Å². The van der Waals surface area contributed by atoms with E-state index < -0.39 is 12.6 Å². The third-order valence-corrected chi connectivity index (χ3v) is 1.16. The second kappa shape index (κ2) is 3.40. The van der Waals surface area contributed by atoms with Crippen molar-refractivity contribution in [3.05, 3.63) is 6.29 Å². The van der Waals surface area contributed by atoms with Crippen LogP contribution in [0.25, 0.3) is 0 Å². The van der Waals surface area contributed by atoms with Crippen molar-refractivity contribution >= 4 is 0 Å². The number of hydrogen-bond acceptors (Lipinski definition) is 2. The summed E-state index contributed by atoms with van der Waals surface area (Å²) < 4.78 is 44.2. The lowest BCUT2D eigenvalue weighted by atomic mass is 10.3. The SMILES string of the molecule is FC(F)(F)C[C]1OCCCO1. The fraction of sp³-hybridized carbons (Fsp3) is 0.833. The molecule has 1 radical (unpaired) electrons. The lowest BCUT2D eigenvalue weighted by Gasteiger charge is -2.21. The van der Waals surface area contributed by atoms with Gasteiger partial charge in [-0.1, -0.05) is 0 Å². The Morgan fingerprint density at radius 2 is 1.73 bits per heavy atom. The van der Waals surface area contributed by atoms with Gasteiger partial charge >= 0.3 is 6.18 Å². The molecule has 1 saturated heterocycles. The summed E-state index contributed by atoms with van der Waals surface area (Å²) in [5.74, 6) is 0. The predicted octanol–water partition coefficient (Wildman–Crippen LogP) is 1.87. The minimum Gasteiger partial charge on any atom is -0.345 e. The highest BCUT2D eigenvalue weighted by Gasteiger charge is 2.35. The van der Waals surface area contributed by atoms with Crippen LogP contribution < -0.4 is 0 Å². The number of alkyl halides is 3. The molecule has 1 heterocycles. The van der Waals surface area contributed by atoms with Gasteiger partial charge in [0.2, 0.25) is 6.29 Å². The molecule has 5 heteroatoms. The van der Waals surface area contributed by atoms with E-state index in [1.807, 2.05) is 0 Å². The molecule has 1 fully saturated rings. The first-order valence-corrected chi connectivity index (χ1v) is 3.26. The van der Waals surface area contributed by atoms with E-state index in [0.717, 1.165) is 0 Å². The van der Waals surface area contributed by atoms with Gasteiger partial charge in [-0.2, -0.15) is 13.2 Å². The number of hydrogen-bond donors (Lipinski definition) is 0. The minimum atomic E-state index is -4.23. The summed E-state index contributed by atoms with van der Waals surface area (Å²) in [5, 5.41) is 0. The average Bonchev–Trinajstić information content (AvgIpc) is 1.85. The first-order chi connectivity index (χ1) is 5.08. The van der Waals surface area contributed by atoms with Gasteiger partial charge in [-0.15, -0.1) is 0 Å². The van der Waals surface area contributed by atoms with E-state index in [1.54, 1.807) is 0 Å². The van der Waals surface area contributed by atoms with E-state index in [4.69, 9.17) is 0 Å². The van der Waals surface area contributed by atoms with Crippen molar-refractivity contribution in [3.8, 4) is 0 Å². The van der Waals surface area contributed by atoms with Gasteiger partial charge < -0.3 is 9.47 Å². The summed E-state index contributed by atoms with van der Waals surface area (Å²) >= 11 is 0. The van der Waals surface area contributed by atoms with E-state index in [1.165, 1.54) is 0 Å². The molecule has 0 amide bonds. The smallest absolute Gasteiger partial charge is 0.345 e. The topological polar surface area (TPSA) is 18.5 Å². The fourth-order valence-corrected chi connectivity index (χ4v) is 0.738. The Labute approximate surface area is 62.3 Å². The van der Waals surface area contributed by atoms with Gasteiger partial charge in [0.05, 0.1) is 13.2 Å². The molecule has 0 aliphatic carbocycles. The molecular formula is C6H8F3O2. The van der Waals surface area contributed by atoms with E-state index in [0.29, 0.717) is 19.6 Å². The average molecular weight is 169 g/mol. The Balaban J connectivity index is 2.24. The summed E-state index contributed by atoms with van der Waals surface area (Å²) in [6.07, 6.45) is -4.97. The second-order valence-corrected chi connectivity index (χ2v) is 2.21. The van der Waals surface area contributed by atoms with Gasteiger partial charge in [0.25, 0.3) is 0 Å². The summed E-state index contributed by atoms with van der Waals surface area (Å²) in [6, 6.07) is 0. The molecular weight excluding hydrogens is 161 g/mol. The molecule has 1 aliphatic rings. The molecule has 0 aromatic heterocycles. The van der Waals surface area contributed by atoms with E-state index in [2.05, 4.69) is 9.47 Å². The third kappa shape index (κ3) is 3.57. The molecule has 0 aromatic rings. The van der Waals surface area contributed by atoms with Crippen molar-refractivity contribution < 1.29 is 22.6 Å². The summed E-state index contributed by atoms with van der Waals surface area (Å²) in [5.41, 5.74) is 0. The lowest BCUT2D eigenvalue weighted by Crippen LogP contribution is -2.23. The minimum absolute atomic E-state index is 0.302. The molecule has 1 rings (SSSR count). The van der Waals surface area contributed by atoms with Crippen molar-refractivity contribution in [1.82, 2.24) is 0 Å². The molecule has 0 N–H and O–H groups in total. The normalized spacial score (nSPS) is 22.1. The highest BCUT2D eigenvalue weighted by Crippen LogP contribution is 2.28. The van der Waals surface area contributed by atoms with Crippen LogP contribution in [0.1, 0.15) is 12.8 Å². The number of halogens is 3. The van der Waals surface area contributed by atoms with Crippen LogP contribution in [0.4, 0.5) is 13.2 Å². The third-order valence-electron chi connectivity index (χ3n) is 1.16. The molecule has 65 valence electrons. The molecule has 0 unspecified atom stereocenters. The first-order valence-electron chi connectivity index (χ1n) is 3.26. The quantitative estimate of drug-likeness (QED) is 0.596. The van der Waals surface area contributed by atoms with E-state index in [-0.39, 0.29) is 6.29 Å². The van der Waals surface area contributed by atoms with Crippen molar-refractivity contribution in [2.45, 2.75) is 19.0 Å². The molecule has 0 aromatic carbocycles. The predicted molar refractivity (Wildman–Crippen MR) is 30.4 cm³/mol. The van der Waals surface area contributed by atoms with Crippen molar-refractivity contribution in [2.24, 2.45) is 0 Å². The molecule has 2 nitrogen and oxygen atoms in total. The van der Waals surface area contributed by atoms with Crippen LogP contribution in [0.5, 0.6) is 0 Å². The summed E-state index contributed by atoms with van der Waals surface area (Å²) in [4.78, 5) is 0. The zero-order chi connectivity index (χ0) is 8.32. The van der Waals surface area contributed by atoms with E-state index in [9.17, 15) is 13.2 Å². The van der Waals surface area contributed by atoms with Crippen molar-refractivity contribution in [2.75, 3.05) is 13.2 Å². The van der Waals surface area contributed by atoms with Gasteiger partial charge in [-0.3, -0.25) is 0 Å². The Morgan fingerprint density at radius 3 is 2.18 bits per heavy atom. The lowest BCUT2D eigenvalue weighted by molar-refractivity contribution is -0.184. The number of rotatable bonds is 1. The monoisotopic (exact) mass is 169 g/mol. The van der Waals surface area contributed by atoms with Crippen LogP contribution >= 0.6 is 0 Å². The van der Waals surface area contributed by atoms with Crippen LogP contribution in [0.2, 0.25) is 0 Å². The Bertz CT molecular complexity index is 117. The van der Waals surface area contributed by atoms with Gasteiger partial charge in [0, 0.05) is 0 Å². The highest BCUT2D eigenvalue weighted by molar-refractivity contribution is 4.73. The van der Waals surface area contributed by atoms with Crippen molar-refractivity contribution in [1.29, 1.82) is 0 Å². The molecule has 0 atom stereocenters. The maximum absolute atomic E-state index is 11.7. The van der Waals surface area contributed by atoms with Crippen LogP contribution in [-0.4, -0.2) is 19.4 Å². The molecule has 0 spiro atoms. The Morgan fingerprint density at radius 1 is 1.18 bits per heavy atom. The van der Waals surface area contributed by atoms with Crippen molar-refractivity contribution in [3.63, 3.8) is 0 Å². The zero-order valence-corrected chi connectivity index (χ0v) is 5.78. The highest BCUT2D eigenvalue weighted by atomic mass is 19.4. The van der Waals surface area contributed by atoms with Crippen LogP contribution in [0.15, 0.2) is 0 Å². The molecule has 0 saturated carbocycles. The van der Waals surface area contributed by atoms with Crippen LogP contribution in [0, 0.1) is 6.29 Å². The second-order valence-electron chi connectivity index (χ2n) is 2.21. The summed E-state index contributed by atoms with van der Waals surface area (Å²) in [7, 11) is 0. The number of ether oxygens (including phenoxy) is 2. The fourth-order valence-electron chi connectivity index (χ4n) is 0.738. The maximum Gasteiger partial charge on any atom is 0.394 e. The van der Waals surface area contributed by atoms with Crippen LogP contribution in [0.3, 0.4) is 0 Å². The first kappa shape index (κ1) is 8.80. The maximum atomic E-state index is 11.7. The molecule has 0 bridgehead atoms. The molecule has 1 aliphatic heterocycles. The Hall–Kier alpha value is -0.290. The molecule has 11 heavy (non-hydrogen) atoms. The largest absolute Gasteiger partial charge is 0.394 e. The Kier molecular flexibility index (Phi) is 2.72. The summed E-state index contributed by atoms with van der Waals surface area (Å²) in [6.45, 7) is 0.650. The van der Waals surface area contributed by atoms with Gasteiger partial charge in [-0.25, -0.2) is 0 Å². The zero-order valence-electron chi connectivity index (χ0n) is 5.78. The van der Waals surface area contributed by atoms with E-state index >= 15 is 0 Å². The van der Waals surface area contributed by atoms with Crippen LogP contribution in [-0.2, 0) is 9.47 Å². The van der Waals surface area contributed by atoms with Gasteiger partial charge in [0.15, 0.2) is 0 Å².